The number of hydrogen-bond acceptors (Lipinski definition) is 3. The van der Waals surface area contributed by atoms with Gasteiger partial charge < -0.3 is 14.9 Å². The summed E-state index contributed by atoms with van der Waals surface area (Å²) in [4.78, 5) is 21.5. The van der Waals surface area contributed by atoms with E-state index in [4.69, 9.17) is 10.2 Å². The third-order valence-electron chi connectivity index (χ3n) is 2.33. The summed E-state index contributed by atoms with van der Waals surface area (Å²) < 4.78 is 4.25. The van der Waals surface area contributed by atoms with E-state index in [1.54, 1.807) is 26.4 Å². The van der Waals surface area contributed by atoms with Crippen molar-refractivity contribution >= 4 is 22.7 Å². The summed E-state index contributed by atoms with van der Waals surface area (Å²) >= 11 is 0. The molecule has 0 aliphatic carbocycles. The minimum Gasteiger partial charge on any atom is -0.478 e. The highest BCUT2D eigenvalue weighted by Crippen LogP contribution is 2.18. The SMILES string of the molecule is COC.O=C(O)c1ccc2cc(C(=O)O)ccc2c1. The Hall–Kier alpha value is -2.40. The smallest absolute Gasteiger partial charge is 0.335 e. The first-order valence-electron chi connectivity index (χ1n) is 5.40. The maximum Gasteiger partial charge on any atom is 0.335 e. The van der Waals surface area contributed by atoms with Crippen LogP contribution >= 0.6 is 0 Å². The molecule has 0 aliphatic rings. The maximum atomic E-state index is 10.7. The lowest BCUT2D eigenvalue weighted by atomic mass is 10.0. The van der Waals surface area contributed by atoms with Gasteiger partial charge in [0.05, 0.1) is 11.1 Å². The Morgan fingerprint density at radius 2 is 1.16 bits per heavy atom. The molecule has 0 aliphatic heterocycles. The van der Waals surface area contributed by atoms with Crippen LogP contribution in [0.2, 0.25) is 0 Å². The minimum atomic E-state index is -0.996. The van der Waals surface area contributed by atoms with Gasteiger partial charge in [0.2, 0.25) is 0 Å². The number of rotatable bonds is 2. The number of carbonyl (C=O) groups is 2. The predicted octanol–water partition coefficient (Wildman–Crippen LogP) is 2.50. The summed E-state index contributed by atoms with van der Waals surface area (Å²) in [5.41, 5.74) is 0.381. The number of aromatic carboxylic acids is 2. The van der Waals surface area contributed by atoms with E-state index < -0.39 is 11.9 Å². The van der Waals surface area contributed by atoms with Gasteiger partial charge in [-0.3, -0.25) is 0 Å². The quantitative estimate of drug-likeness (QED) is 0.868. The molecule has 0 atom stereocenters. The van der Waals surface area contributed by atoms with Gasteiger partial charge in [-0.1, -0.05) is 12.1 Å². The lowest BCUT2D eigenvalue weighted by Crippen LogP contribution is -1.97. The average molecular weight is 262 g/mol. The van der Waals surface area contributed by atoms with Crippen molar-refractivity contribution in [1.29, 1.82) is 0 Å². The van der Waals surface area contributed by atoms with Gasteiger partial charge in [-0.05, 0) is 35.0 Å². The molecule has 19 heavy (non-hydrogen) atoms. The van der Waals surface area contributed by atoms with Crippen molar-refractivity contribution in [1.82, 2.24) is 0 Å². The molecule has 0 saturated carbocycles. The summed E-state index contributed by atoms with van der Waals surface area (Å²) in [5, 5.41) is 19.0. The summed E-state index contributed by atoms with van der Waals surface area (Å²) in [6, 6.07) is 9.15. The summed E-state index contributed by atoms with van der Waals surface area (Å²) in [5.74, 6) is -1.99. The molecule has 100 valence electrons. The van der Waals surface area contributed by atoms with E-state index in [1.807, 2.05) is 0 Å². The fraction of sp³-hybridized carbons (Fsp3) is 0.143. The normalized spacial score (nSPS) is 9.58. The Bertz CT molecular complexity index is 551. The summed E-state index contributed by atoms with van der Waals surface area (Å²) in [7, 11) is 3.25. The molecule has 0 spiro atoms. The van der Waals surface area contributed by atoms with Crippen LogP contribution in [-0.2, 0) is 4.74 Å². The van der Waals surface area contributed by atoms with Gasteiger partial charge in [0, 0.05) is 14.2 Å². The number of hydrogen-bond donors (Lipinski definition) is 2. The molecule has 0 radical (unpaired) electrons. The molecule has 0 fully saturated rings. The number of carboxylic acid groups (broad SMARTS) is 2. The van der Waals surface area contributed by atoms with E-state index in [0.717, 1.165) is 0 Å². The highest BCUT2D eigenvalue weighted by Gasteiger charge is 2.06. The van der Waals surface area contributed by atoms with Gasteiger partial charge in [-0.2, -0.15) is 0 Å². The third kappa shape index (κ3) is 3.79. The zero-order chi connectivity index (χ0) is 14.4. The average Bonchev–Trinajstić information content (AvgIpc) is 2.38. The van der Waals surface area contributed by atoms with Crippen molar-refractivity contribution in [2.24, 2.45) is 0 Å². The summed E-state index contributed by atoms with van der Waals surface area (Å²) in [6.45, 7) is 0. The molecule has 5 heteroatoms. The van der Waals surface area contributed by atoms with Gasteiger partial charge >= 0.3 is 11.9 Å². The van der Waals surface area contributed by atoms with E-state index in [-0.39, 0.29) is 11.1 Å². The highest BCUT2D eigenvalue weighted by atomic mass is 16.4. The number of methoxy groups -OCH3 is 1. The van der Waals surface area contributed by atoms with Gasteiger partial charge in [-0.15, -0.1) is 0 Å². The second-order valence-corrected chi connectivity index (χ2v) is 3.80. The molecular weight excluding hydrogens is 248 g/mol. The zero-order valence-electron chi connectivity index (χ0n) is 10.6. The van der Waals surface area contributed by atoms with Gasteiger partial charge in [0.25, 0.3) is 0 Å². The molecule has 0 bridgehead atoms. The second kappa shape index (κ2) is 6.51. The fourth-order valence-electron chi connectivity index (χ4n) is 1.51. The lowest BCUT2D eigenvalue weighted by Gasteiger charge is -2.01. The lowest BCUT2D eigenvalue weighted by molar-refractivity contribution is 0.0686. The topological polar surface area (TPSA) is 83.8 Å². The van der Waals surface area contributed by atoms with Crippen molar-refractivity contribution in [2.45, 2.75) is 0 Å². The molecule has 0 unspecified atom stereocenters. The van der Waals surface area contributed by atoms with Gasteiger partial charge in [0.1, 0.15) is 0 Å². The molecular formula is C14H14O5. The van der Waals surface area contributed by atoms with Crippen LogP contribution in [0, 0.1) is 0 Å². The number of ether oxygens (including phenoxy) is 1. The van der Waals surface area contributed by atoms with Crippen LogP contribution in [0.3, 0.4) is 0 Å². The largest absolute Gasteiger partial charge is 0.478 e. The first kappa shape index (κ1) is 14.7. The minimum absolute atomic E-state index is 0.190. The third-order valence-corrected chi connectivity index (χ3v) is 2.33. The van der Waals surface area contributed by atoms with E-state index in [2.05, 4.69) is 4.74 Å². The van der Waals surface area contributed by atoms with Crippen LogP contribution in [0.25, 0.3) is 10.8 Å². The number of fused-ring (bicyclic) bond motifs is 1. The standard InChI is InChI=1S/C12H8O4.C2H6O/c13-11(14)9-3-1-7-5-10(12(15)16)4-2-8(7)6-9;1-3-2/h1-6H,(H,13,14)(H,15,16);1-2H3. The maximum absolute atomic E-state index is 10.7. The van der Waals surface area contributed by atoms with Crippen LogP contribution in [0.5, 0.6) is 0 Å². The number of benzene rings is 2. The van der Waals surface area contributed by atoms with Gasteiger partial charge in [0.15, 0.2) is 0 Å². The number of carboxylic acids is 2. The Labute approximate surface area is 110 Å². The van der Waals surface area contributed by atoms with E-state index >= 15 is 0 Å². The molecule has 2 aromatic rings. The van der Waals surface area contributed by atoms with E-state index in [0.29, 0.717) is 10.8 Å². The Morgan fingerprint density at radius 3 is 1.42 bits per heavy atom. The highest BCUT2D eigenvalue weighted by molar-refractivity contribution is 5.97. The Morgan fingerprint density at radius 1 is 0.842 bits per heavy atom. The molecule has 0 aromatic heterocycles. The van der Waals surface area contributed by atoms with Crippen molar-refractivity contribution in [3.05, 3.63) is 47.5 Å². The first-order valence-corrected chi connectivity index (χ1v) is 5.40. The van der Waals surface area contributed by atoms with Crippen molar-refractivity contribution < 1.29 is 24.5 Å². The molecule has 0 saturated heterocycles. The van der Waals surface area contributed by atoms with Crippen molar-refractivity contribution in [3.63, 3.8) is 0 Å². The van der Waals surface area contributed by atoms with E-state index in [1.165, 1.54) is 24.3 Å². The molecule has 0 amide bonds. The zero-order valence-corrected chi connectivity index (χ0v) is 10.6. The van der Waals surface area contributed by atoms with Crippen LogP contribution in [0.1, 0.15) is 20.7 Å². The predicted molar refractivity (Wildman–Crippen MR) is 70.8 cm³/mol. The molecule has 2 N–H and O–H groups in total. The van der Waals surface area contributed by atoms with Crippen LogP contribution in [0.15, 0.2) is 36.4 Å². The monoisotopic (exact) mass is 262 g/mol. The molecule has 2 aromatic carbocycles. The molecule has 0 heterocycles. The van der Waals surface area contributed by atoms with Crippen molar-refractivity contribution in [2.75, 3.05) is 14.2 Å². The van der Waals surface area contributed by atoms with E-state index in [9.17, 15) is 9.59 Å². The van der Waals surface area contributed by atoms with Crippen LogP contribution in [0.4, 0.5) is 0 Å². The van der Waals surface area contributed by atoms with Crippen LogP contribution < -0.4 is 0 Å². The first-order chi connectivity index (χ1) is 8.99. The van der Waals surface area contributed by atoms with Crippen molar-refractivity contribution in [3.8, 4) is 0 Å². The molecule has 5 nitrogen and oxygen atoms in total. The van der Waals surface area contributed by atoms with Crippen LogP contribution in [-0.4, -0.2) is 36.4 Å². The summed E-state index contributed by atoms with van der Waals surface area (Å²) in [6.07, 6.45) is 0. The van der Waals surface area contributed by atoms with Gasteiger partial charge in [-0.25, -0.2) is 9.59 Å². The Balaban J connectivity index is 0.000000550. The Kier molecular flexibility index (Phi) is 5.02. The fourth-order valence-corrected chi connectivity index (χ4v) is 1.51. The second-order valence-electron chi connectivity index (χ2n) is 3.80. The molecule has 2 rings (SSSR count).